The maximum atomic E-state index is 11.6. The number of ether oxygens (including phenoxy) is 2. The molecule has 0 bridgehead atoms. The summed E-state index contributed by atoms with van der Waals surface area (Å²) in [5.41, 5.74) is 7.39. The molecule has 0 amide bonds. The lowest BCUT2D eigenvalue weighted by Crippen LogP contribution is -2.14. The largest absolute Gasteiger partial charge is 0.493 e. The summed E-state index contributed by atoms with van der Waals surface area (Å²) in [6, 6.07) is 27.2. The van der Waals surface area contributed by atoms with E-state index in [1.807, 2.05) is 91.9 Å². The predicted molar refractivity (Wildman–Crippen MR) is 141 cm³/mol. The van der Waals surface area contributed by atoms with Crippen molar-refractivity contribution in [2.75, 3.05) is 13.7 Å². The Labute approximate surface area is 216 Å². The molecule has 37 heavy (non-hydrogen) atoms. The second kappa shape index (κ2) is 13.1. The van der Waals surface area contributed by atoms with Crippen molar-refractivity contribution in [3.63, 3.8) is 0 Å². The third kappa shape index (κ3) is 7.56. The van der Waals surface area contributed by atoms with E-state index in [4.69, 9.17) is 18.7 Å². The fourth-order valence-electron chi connectivity index (χ4n) is 3.61. The number of benzene rings is 3. The number of hydrogen-bond donors (Lipinski definition) is 1. The highest BCUT2D eigenvalue weighted by Gasteiger charge is 2.11. The van der Waals surface area contributed by atoms with Crippen LogP contribution in [-0.4, -0.2) is 24.7 Å². The van der Waals surface area contributed by atoms with Crippen molar-refractivity contribution in [3.05, 3.63) is 114 Å². The third-order valence-corrected chi connectivity index (χ3v) is 5.65. The van der Waals surface area contributed by atoms with Crippen molar-refractivity contribution in [1.29, 1.82) is 0 Å². The second-order valence-electron chi connectivity index (χ2n) is 8.29. The lowest BCUT2D eigenvalue weighted by molar-refractivity contribution is -0.139. The van der Waals surface area contributed by atoms with Crippen molar-refractivity contribution in [2.45, 2.75) is 26.4 Å². The van der Waals surface area contributed by atoms with Gasteiger partial charge in [0, 0.05) is 12.0 Å². The molecule has 0 aliphatic carbocycles. The first-order valence-corrected chi connectivity index (χ1v) is 12.1. The van der Waals surface area contributed by atoms with Crippen molar-refractivity contribution in [1.82, 2.24) is 10.5 Å². The molecule has 0 atom stereocenters. The van der Waals surface area contributed by atoms with Crippen LogP contribution in [0.1, 0.15) is 29.0 Å². The summed E-state index contributed by atoms with van der Waals surface area (Å²) in [5, 5.41) is 0. The molecule has 3 aromatic carbocycles. The van der Waals surface area contributed by atoms with Crippen LogP contribution in [0.15, 0.2) is 95.4 Å². The highest BCUT2D eigenvalue weighted by molar-refractivity contribution is 5.74. The fraction of sp³-hybridized carbons (Fsp3) is 0.200. The Morgan fingerprint density at radius 2 is 1.68 bits per heavy atom. The van der Waals surface area contributed by atoms with E-state index >= 15 is 0 Å². The van der Waals surface area contributed by atoms with Gasteiger partial charge < -0.3 is 13.9 Å². The van der Waals surface area contributed by atoms with Gasteiger partial charge >= 0.3 is 5.97 Å². The van der Waals surface area contributed by atoms with Crippen molar-refractivity contribution in [2.24, 2.45) is 0 Å². The number of aromatic nitrogens is 1. The predicted octanol–water partition coefficient (Wildman–Crippen LogP) is 5.90. The Kier molecular flexibility index (Phi) is 9.10. The molecule has 1 heterocycles. The molecule has 0 saturated heterocycles. The number of esters is 1. The Morgan fingerprint density at radius 3 is 2.38 bits per heavy atom. The third-order valence-electron chi connectivity index (χ3n) is 5.65. The maximum Gasteiger partial charge on any atom is 0.309 e. The Morgan fingerprint density at radius 1 is 0.973 bits per heavy atom. The van der Waals surface area contributed by atoms with E-state index in [-0.39, 0.29) is 12.4 Å². The molecule has 0 aliphatic heterocycles. The van der Waals surface area contributed by atoms with E-state index in [0.29, 0.717) is 31.2 Å². The summed E-state index contributed by atoms with van der Waals surface area (Å²) < 4.78 is 16.5. The smallest absolute Gasteiger partial charge is 0.309 e. The van der Waals surface area contributed by atoms with Gasteiger partial charge in [0.1, 0.15) is 11.5 Å². The zero-order chi connectivity index (χ0) is 25.9. The van der Waals surface area contributed by atoms with Crippen LogP contribution < -0.4 is 10.2 Å². The minimum absolute atomic E-state index is 0.143. The zero-order valence-electron chi connectivity index (χ0n) is 21.0. The average Bonchev–Trinajstić information content (AvgIpc) is 3.32. The molecule has 7 nitrogen and oxygen atoms in total. The summed E-state index contributed by atoms with van der Waals surface area (Å²) >= 11 is 0. The van der Waals surface area contributed by atoms with E-state index in [1.165, 1.54) is 7.11 Å². The van der Waals surface area contributed by atoms with Crippen LogP contribution in [0.2, 0.25) is 0 Å². The summed E-state index contributed by atoms with van der Waals surface area (Å²) in [7, 11) is 1.37. The number of nitrogens with one attached hydrogen (secondary N) is 1. The van der Waals surface area contributed by atoms with Crippen LogP contribution in [0, 0.1) is 6.92 Å². The summed E-state index contributed by atoms with van der Waals surface area (Å²) in [4.78, 5) is 21.9. The van der Waals surface area contributed by atoms with Gasteiger partial charge in [-0.1, -0.05) is 60.7 Å². The van der Waals surface area contributed by atoms with E-state index in [9.17, 15) is 4.79 Å². The van der Waals surface area contributed by atoms with Gasteiger partial charge in [0.05, 0.1) is 38.1 Å². The highest BCUT2D eigenvalue weighted by atomic mass is 16.6. The molecule has 0 aliphatic rings. The zero-order valence-corrected chi connectivity index (χ0v) is 21.0. The Balaban J connectivity index is 1.26. The Bertz CT molecular complexity index is 1300. The first-order chi connectivity index (χ1) is 18.1. The molecular weight excluding hydrogens is 468 g/mol. The van der Waals surface area contributed by atoms with Crippen LogP contribution in [0.4, 0.5) is 0 Å². The molecular formula is C30H30N2O5. The number of hydroxylamine groups is 1. The van der Waals surface area contributed by atoms with E-state index in [1.54, 1.807) is 6.08 Å². The van der Waals surface area contributed by atoms with E-state index in [2.05, 4.69) is 10.5 Å². The average molecular weight is 499 g/mol. The molecule has 4 aromatic rings. The number of carbonyl (C=O) groups is 1. The quantitative estimate of drug-likeness (QED) is 0.192. The van der Waals surface area contributed by atoms with Crippen LogP contribution in [-0.2, 0) is 27.4 Å². The van der Waals surface area contributed by atoms with Gasteiger partial charge in [-0.25, -0.2) is 4.98 Å². The number of nitrogens with zero attached hydrogens (tertiary/aromatic N) is 1. The van der Waals surface area contributed by atoms with Crippen LogP contribution >= 0.6 is 0 Å². The standard InChI is InChI=1S/C30H30N2O5/c1-22-27(31-30(37-22)25-11-7-4-8-12-25)19-20-35-26-15-13-23(14-16-26)21-36-32-28(17-18-29(33)34-2)24-9-5-3-6-10-24/h3-17,32H,18-21H2,1-2H3. The normalized spacial score (nSPS) is 11.2. The molecule has 1 N–H and O–H groups in total. The topological polar surface area (TPSA) is 82.8 Å². The Hall–Kier alpha value is -4.36. The molecule has 0 saturated carbocycles. The van der Waals surface area contributed by atoms with E-state index < -0.39 is 0 Å². The number of rotatable bonds is 12. The number of aryl methyl sites for hydroxylation is 1. The molecule has 4 rings (SSSR count). The monoisotopic (exact) mass is 498 g/mol. The SMILES string of the molecule is COC(=O)CC=C(NOCc1ccc(OCCc2nc(-c3ccccc3)oc2C)cc1)c1ccccc1. The van der Waals surface area contributed by atoms with Gasteiger partial charge in [-0.3, -0.25) is 15.1 Å². The second-order valence-corrected chi connectivity index (χ2v) is 8.29. The maximum absolute atomic E-state index is 11.6. The van der Waals surface area contributed by atoms with Gasteiger partial charge in [-0.2, -0.15) is 0 Å². The summed E-state index contributed by atoms with van der Waals surface area (Å²) in [5.74, 6) is 1.88. The molecule has 190 valence electrons. The van der Waals surface area contributed by atoms with Gasteiger partial charge in [0.15, 0.2) is 0 Å². The van der Waals surface area contributed by atoms with Crippen molar-refractivity contribution < 1.29 is 23.5 Å². The molecule has 0 radical (unpaired) electrons. The lowest BCUT2D eigenvalue weighted by atomic mass is 10.1. The lowest BCUT2D eigenvalue weighted by Gasteiger charge is -2.12. The minimum atomic E-state index is -0.318. The molecule has 7 heteroatoms. The van der Waals surface area contributed by atoms with Gasteiger partial charge in [0.25, 0.3) is 0 Å². The first-order valence-electron chi connectivity index (χ1n) is 12.1. The van der Waals surface area contributed by atoms with Gasteiger partial charge in [-0.05, 0) is 48.4 Å². The van der Waals surface area contributed by atoms with Crippen LogP contribution in [0.3, 0.4) is 0 Å². The molecule has 0 fully saturated rings. The van der Waals surface area contributed by atoms with E-state index in [0.717, 1.165) is 33.9 Å². The number of carbonyl (C=O) groups excluding carboxylic acids is 1. The molecule has 0 unspecified atom stereocenters. The van der Waals surface area contributed by atoms with Crippen molar-refractivity contribution in [3.8, 4) is 17.2 Å². The van der Waals surface area contributed by atoms with Crippen molar-refractivity contribution >= 4 is 11.7 Å². The number of hydrogen-bond acceptors (Lipinski definition) is 7. The molecule has 0 spiro atoms. The summed E-state index contributed by atoms with van der Waals surface area (Å²) in [6.07, 6.45) is 2.54. The van der Waals surface area contributed by atoms with Gasteiger partial charge in [-0.15, -0.1) is 0 Å². The van der Waals surface area contributed by atoms with Gasteiger partial charge in [0.2, 0.25) is 5.89 Å². The van der Waals surface area contributed by atoms with Crippen LogP contribution in [0.5, 0.6) is 5.75 Å². The van der Waals surface area contributed by atoms with Crippen LogP contribution in [0.25, 0.3) is 17.2 Å². The molecule has 1 aromatic heterocycles. The minimum Gasteiger partial charge on any atom is -0.493 e. The summed E-state index contributed by atoms with van der Waals surface area (Å²) in [6.45, 7) is 2.75. The first kappa shape index (κ1) is 25.7. The highest BCUT2D eigenvalue weighted by Crippen LogP contribution is 2.22. The fourth-order valence-corrected chi connectivity index (χ4v) is 3.61. The number of methoxy groups -OCH3 is 1. The number of oxazole rings is 1.